The van der Waals surface area contributed by atoms with Crippen molar-refractivity contribution in [1.29, 1.82) is 0 Å². The Morgan fingerprint density at radius 2 is 2.27 bits per heavy atom. The molecule has 3 rings (SSSR count). The van der Waals surface area contributed by atoms with Crippen molar-refractivity contribution in [3.63, 3.8) is 0 Å². The van der Waals surface area contributed by atoms with Crippen molar-refractivity contribution in [2.75, 3.05) is 6.61 Å². The van der Waals surface area contributed by atoms with E-state index in [9.17, 15) is 9.59 Å². The third-order valence-corrected chi connectivity index (χ3v) is 5.54. The van der Waals surface area contributed by atoms with E-state index in [4.69, 9.17) is 19.3 Å². The fourth-order valence-corrected chi connectivity index (χ4v) is 3.86. The van der Waals surface area contributed by atoms with E-state index < -0.39 is 30.1 Å². The predicted octanol–water partition coefficient (Wildman–Crippen LogP) is 2.22. The number of hydrogen-bond donors (Lipinski definition) is 1. The van der Waals surface area contributed by atoms with E-state index in [1.54, 1.807) is 6.92 Å². The van der Waals surface area contributed by atoms with Gasteiger partial charge in [0.1, 0.15) is 18.3 Å². The van der Waals surface area contributed by atoms with Gasteiger partial charge in [-0.25, -0.2) is 9.59 Å². The molecule has 1 N–H and O–H groups in total. The van der Waals surface area contributed by atoms with E-state index in [0.717, 1.165) is 18.4 Å². The molecule has 0 aromatic rings. The van der Waals surface area contributed by atoms with Crippen LogP contribution in [-0.2, 0) is 23.8 Å². The van der Waals surface area contributed by atoms with Crippen LogP contribution in [0.15, 0.2) is 35.5 Å². The Balaban J connectivity index is 1.92. The van der Waals surface area contributed by atoms with Crippen LogP contribution in [0.1, 0.15) is 40.0 Å². The van der Waals surface area contributed by atoms with Gasteiger partial charge in [-0.1, -0.05) is 18.2 Å². The number of aliphatic hydroxyl groups is 1. The molecule has 2 heterocycles. The van der Waals surface area contributed by atoms with Crippen LogP contribution in [0, 0.1) is 5.92 Å². The molecule has 0 radical (unpaired) electrons. The molecule has 26 heavy (non-hydrogen) atoms. The number of carbonyl (C=O) groups is 2. The highest BCUT2D eigenvalue weighted by Crippen LogP contribution is 2.50. The van der Waals surface area contributed by atoms with Crippen LogP contribution < -0.4 is 0 Å². The van der Waals surface area contributed by atoms with E-state index in [1.807, 2.05) is 13.8 Å². The van der Waals surface area contributed by atoms with Crippen LogP contribution in [0.25, 0.3) is 0 Å². The highest BCUT2D eigenvalue weighted by molar-refractivity contribution is 5.91. The van der Waals surface area contributed by atoms with Gasteiger partial charge in [-0.3, -0.25) is 0 Å². The van der Waals surface area contributed by atoms with Crippen LogP contribution in [0.4, 0.5) is 0 Å². The summed E-state index contributed by atoms with van der Waals surface area (Å²) in [7, 11) is 0. The largest absolute Gasteiger partial charge is 0.458 e. The second-order valence-electron chi connectivity index (χ2n) is 7.58. The van der Waals surface area contributed by atoms with Crippen molar-refractivity contribution in [2.45, 2.75) is 63.9 Å². The summed E-state index contributed by atoms with van der Waals surface area (Å²) in [5.41, 5.74) is 1.40. The first-order valence-corrected chi connectivity index (χ1v) is 8.98. The van der Waals surface area contributed by atoms with Gasteiger partial charge < -0.3 is 19.3 Å². The van der Waals surface area contributed by atoms with Crippen LogP contribution >= 0.6 is 0 Å². The van der Waals surface area contributed by atoms with Gasteiger partial charge in [0.15, 0.2) is 0 Å². The Bertz CT molecular complexity index is 690. The van der Waals surface area contributed by atoms with Crippen LogP contribution in [-0.4, -0.2) is 47.6 Å². The van der Waals surface area contributed by atoms with Gasteiger partial charge >= 0.3 is 11.9 Å². The normalized spacial score (nSPS) is 37.2. The Morgan fingerprint density at radius 3 is 2.96 bits per heavy atom. The maximum absolute atomic E-state index is 12.4. The van der Waals surface area contributed by atoms with E-state index in [-0.39, 0.29) is 18.3 Å². The molecule has 1 aliphatic carbocycles. The molecule has 0 bridgehead atoms. The van der Waals surface area contributed by atoms with Crippen LogP contribution in [0.3, 0.4) is 0 Å². The molecule has 0 spiro atoms. The molecule has 0 aromatic heterocycles. The number of fused-ring (bicyclic) bond motifs is 3. The van der Waals surface area contributed by atoms with Crippen molar-refractivity contribution in [1.82, 2.24) is 0 Å². The molecule has 3 aliphatic rings. The number of hydrogen-bond acceptors (Lipinski definition) is 6. The maximum Gasteiger partial charge on any atom is 0.334 e. The fraction of sp³-hybridized carbons (Fsp3) is 0.600. The standard InChI is InChI=1S/C20H26O6/c1-11-6-5-8-20(4)17(26-20)16-15(13(3)19(23)25-16)14(10-11)24-18(22)12(2)7-9-21/h6-7,14-17,21H,3,5,8-10H2,1-2,4H3. The zero-order chi connectivity index (χ0) is 19.1. The van der Waals surface area contributed by atoms with E-state index in [0.29, 0.717) is 17.6 Å². The fourth-order valence-electron chi connectivity index (χ4n) is 3.86. The number of allylic oxidation sites excluding steroid dienone is 1. The summed E-state index contributed by atoms with van der Waals surface area (Å²) in [6.45, 7) is 9.25. The number of carbonyl (C=O) groups excluding carboxylic acids is 2. The molecule has 2 saturated heterocycles. The van der Waals surface area contributed by atoms with E-state index >= 15 is 0 Å². The number of esters is 2. The lowest BCUT2D eigenvalue weighted by molar-refractivity contribution is -0.148. The van der Waals surface area contributed by atoms with Gasteiger partial charge in [0.25, 0.3) is 0 Å². The molecule has 2 aliphatic heterocycles. The molecular weight excluding hydrogens is 336 g/mol. The van der Waals surface area contributed by atoms with Crippen LogP contribution in [0.2, 0.25) is 0 Å². The average molecular weight is 362 g/mol. The summed E-state index contributed by atoms with van der Waals surface area (Å²) in [5.74, 6) is -1.41. The third kappa shape index (κ3) is 3.48. The number of rotatable bonds is 3. The third-order valence-electron chi connectivity index (χ3n) is 5.54. The lowest BCUT2D eigenvalue weighted by Crippen LogP contribution is -2.38. The molecule has 2 fully saturated rings. The van der Waals surface area contributed by atoms with E-state index in [2.05, 4.69) is 12.7 Å². The monoisotopic (exact) mass is 362 g/mol. The Kier molecular flexibility index (Phi) is 5.08. The molecule has 6 heteroatoms. The molecule has 5 atom stereocenters. The molecule has 0 saturated carbocycles. The lowest BCUT2D eigenvalue weighted by atomic mass is 9.82. The summed E-state index contributed by atoms with van der Waals surface area (Å²) in [6, 6.07) is 0. The Hall–Kier alpha value is -1.92. The number of aliphatic hydroxyl groups excluding tert-OH is 1. The molecule has 5 unspecified atom stereocenters. The Labute approximate surface area is 153 Å². The minimum atomic E-state index is -0.573. The molecule has 0 amide bonds. The quantitative estimate of drug-likeness (QED) is 0.359. The summed E-state index contributed by atoms with van der Waals surface area (Å²) < 4.78 is 17.2. The number of epoxide rings is 1. The lowest BCUT2D eigenvalue weighted by Gasteiger charge is -2.28. The van der Waals surface area contributed by atoms with Crippen LogP contribution in [0.5, 0.6) is 0 Å². The van der Waals surface area contributed by atoms with Gasteiger partial charge in [0.2, 0.25) is 0 Å². The maximum atomic E-state index is 12.4. The molecular formula is C20H26O6. The van der Waals surface area contributed by atoms with Gasteiger partial charge in [-0.2, -0.15) is 0 Å². The molecule has 0 aromatic carbocycles. The highest BCUT2D eigenvalue weighted by Gasteiger charge is 2.63. The summed E-state index contributed by atoms with van der Waals surface area (Å²) in [5, 5.41) is 8.99. The van der Waals surface area contributed by atoms with Gasteiger partial charge in [-0.05, 0) is 39.7 Å². The SMILES string of the molecule is C=C1C(=O)OC2C1C(OC(=O)C(C)=CCO)CC(C)=CCCC1(C)OC21. The van der Waals surface area contributed by atoms with E-state index in [1.165, 1.54) is 6.08 Å². The topological polar surface area (TPSA) is 85.4 Å². The summed E-state index contributed by atoms with van der Waals surface area (Å²) >= 11 is 0. The highest BCUT2D eigenvalue weighted by atomic mass is 16.6. The first-order chi connectivity index (χ1) is 12.3. The molecule has 142 valence electrons. The van der Waals surface area contributed by atoms with Crippen molar-refractivity contribution >= 4 is 11.9 Å². The molecule has 6 nitrogen and oxygen atoms in total. The minimum Gasteiger partial charge on any atom is -0.458 e. The zero-order valence-corrected chi connectivity index (χ0v) is 15.5. The summed E-state index contributed by atoms with van der Waals surface area (Å²) in [4.78, 5) is 24.6. The van der Waals surface area contributed by atoms with Crippen molar-refractivity contribution in [2.24, 2.45) is 5.92 Å². The second kappa shape index (κ2) is 7.00. The van der Waals surface area contributed by atoms with Crippen molar-refractivity contribution < 1.29 is 28.9 Å². The summed E-state index contributed by atoms with van der Waals surface area (Å²) in [6.07, 6.45) is 4.45. The predicted molar refractivity (Wildman–Crippen MR) is 94.1 cm³/mol. The second-order valence-corrected chi connectivity index (χ2v) is 7.58. The smallest absolute Gasteiger partial charge is 0.334 e. The van der Waals surface area contributed by atoms with Gasteiger partial charge in [0, 0.05) is 17.6 Å². The van der Waals surface area contributed by atoms with Crippen molar-refractivity contribution in [3.8, 4) is 0 Å². The van der Waals surface area contributed by atoms with Crippen molar-refractivity contribution in [3.05, 3.63) is 35.5 Å². The van der Waals surface area contributed by atoms with Gasteiger partial charge in [-0.15, -0.1) is 0 Å². The first-order valence-electron chi connectivity index (χ1n) is 8.98. The first kappa shape index (κ1) is 18.9. The zero-order valence-electron chi connectivity index (χ0n) is 15.5. The van der Waals surface area contributed by atoms with Gasteiger partial charge in [0.05, 0.1) is 18.1 Å². The number of ether oxygens (including phenoxy) is 3. The minimum absolute atomic E-state index is 0.210. The average Bonchev–Trinajstić information content (AvgIpc) is 3.15. The Morgan fingerprint density at radius 1 is 1.54 bits per heavy atom.